The first-order valence-electron chi connectivity index (χ1n) is 6.59. The van der Waals surface area contributed by atoms with Gasteiger partial charge in [-0.3, -0.25) is 9.68 Å². The fourth-order valence-corrected chi connectivity index (χ4v) is 2.11. The lowest BCUT2D eigenvalue weighted by molar-refractivity contribution is -0.418. The van der Waals surface area contributed by atoms with Crippen molar-refractivity contribution in [3.63, 3.8) is 0 Å². The number of hydrogen-bond donors (Lipinski definition) is 3. The van der Waals surface area contributed by atoms with Crippen LogP contribution in [0.2, 0.25) is 0 Å². The van der Waals surface area contributed by atoms with Crippen LogP contribution >= 0.6 is 0 Å². The summed E-state index contributed by atoms with van der Waals surface area (Å²) in [7, 11) is 2.84. The Morgan fingerprint density at radius 1 is 1.30 bits per heavy atom. The number of hydrazine groups is 1. The van der Waals surface area contributed by atoms with Crippen LogP contribution < -0.4 is 16.4 Å². The zero-order valence-corrected chi connectivity index (χ0v) is 12.1. The number of rotatable bonds is 4. The van der Waals surface area contributed by atoms with E-state index in [4.69, 9.17) is 15.4 Å². The van der Waals surface area contributed by atoms with Crippen LogP contribution in [0.3, 0.4) is 0 Å². The number of nitrogens with one attached hydrogen (secondary N) is 2. The first-order valence-corrected chi connectivity index (χ1v) is 6.59. The van der Waals surface area contributed by atoms with Gasteiger partial charge in [-0.1, -0.05) is 0 Å². The van der Waals surface area contributed by atoms with Gasteiger partial charge in [0.25, 0.3) is 0 Å². The number of piperidine rings is 1. The number of nitrogens with zero attached hydrogens (tertiary/aromatic N) is 2. The normalized spacial score (nSPS) is 23.2. The van der Waals surface area contributed by atoms with Crippen LogP contribution in [0.1, 0.15) is 19.8 Å². The van der Waals surface area contributed by atoms with Gasteiger partial charge < -0.3 is 16.4 Å². The lowest BCUT2D eigenvalue weighted by Crippen LogP contribution is -2.56. The van der Waals surface area contributed by atoms with E-state index in [-0.39, 0.29) is 12.0 Å². The van der Waals surface area contributed by atoms with Crippen molar-refractivity contribution in [1.29, 1.82) is 0 Å². The molecule has 0 aliphatic carbocycles. The summed E-state index contributed by atoms with van der Waals surface area (Å²) in [5.41, 5.74) is 5.73. The lowest BCUT2D eigenvalue weighted by Gasteiger charge is -2.41. The number of nitrogens with two attached hydrogens (primary N) is 1. The summed E-state index contributed by atoms with van der Waals surface area (Å²) >= 11 is 0. The van der Waals surface area contributed by atoms with Crippen LogP contribution in [0, 0.1) is 5.92 Å². The molecule has 1 aliphatic heterocycles. The van der Waals surface area contributed by atoms with Crippen LogP contribution in [0.4, 0.5) is 9.59 Å². The minimum Gasteiger partial charge on any atom is -0.330 e. The zero-order chi connectivity index (χ0) is 15.1. The Morgan fingerprint density at radius 2 is 1.85 bits per heavy atom. The molecule has 20 heavy (non-hydrogen) atoms. The van der Waals surface area contributed by atoms with Crippen LogP contribution in [0.5, 0.6) is 0 Å². The molecule has 0 aromatic heterocycles. The summed E-state index contributed by atoms with van der Waals surface area (Å²) in [4.78, 5) is 32.6. The SMILES string of the molecule is CNC(=O)ON(OC(=O)NC)N1CCC[C@@H](CN)C1C. The summed E-state index contributed by atoms with van der Waals surface area (Å²) < 4.78 is 0. The largest absolute Gasteiger partial charge is 0.429 e. The van der Waals surface area contributed by atoms with E-state index in [1.165, 1.54) is 14.1 Å². The van der Waals surface area contributed by atoms with Gasteiger partial charge in [0.1, 0.15) is 5.34 Å². The van der Waals surface area contributed by atoms with E-state index in [1.807, 2.05) is 6.92 Å². The third-order valence-corrected chi connectivity index (χ3v) is 3.36. The van der Waals surface area contributed by atoms with E-state index in [0.29, 0.717) is 13.1 Å². The molecule has 2 atom stereocenters. The molecular formula is C11H23N5O4. The lowest BCUT2D eigenvalue weighted by atomic mass is 9.92. The molecule has 1 heterocycles. The molecule has 2 amide bonds. The van der Waals surface area contributed by atoms with E-state index in [9.17, 15) is 9.59 Å². The minimum absolute atomic E-state index is 0.0111. The van der Waals surface area contributed by atoms with Gasteiger partial charge in [0.15, 0.2) is 0 Å². The number of amides is 2. The predicted molar refractivity (Wildman–Crippen MR) is 70.9 cm³/mol. The highest BCUT2D eigenvalue weighted by atomic mass is 17.0. The number of carbonyl (C=O) groups excluding carboxylic acids is 2. The highest BCUT2D eigenvalue weighted by molar-refractivity contribution is 5.67. The fraction of sp³-hybridized carbons (Fsp3) is 0.818. The van der Waals surface area contributed by atoms with Crippen molar-refractivity contribution in [2.24, 2.45) is 11.7 Å². The van der Waals surface area contributed by atoms with E-state index < -0.39 is 12.2 Å². The summed E-state index contributed by atoms with van der Waals surface area (Å²) in [5.74, 6) is 0.243. The third-order valence-electron chi connectivity index (χ3n) is 3.36. The maximum atomic E-state index is 11.4. The summed E-state index contributed by atoms with van der Waals surface area (Å²) in [6.45, 7) is 3.07. The fourth-order valence-electron chi connectivity index (χ4n) is 2.11. The first kappa shape index (κ1) is 16.5. The van der Waals surface area contributed by atoms with Gasteiger partial charge in [-0.25, -0.2) is 9.59 Å². The molecule has 9 heteroatoms. The quantitative estimate of drug-likeness (QED) is 0.615. The standard InChI is InChI=1S/C11H23N5O4/c1-8-9(7-12)5-4-6-15(8)16(19-10(17)13-2)20-11(18)14-3/h8-9H,4-7,12H2,1-3H3,(H,13,17)(H,14,18)/t8?,9-/m0/s1. The minimum atomic E-state index is -0.726. The second kappa shape index (κ2) is 7.88. The second-order valence-corrected chi connectivity index (χ2v) is 4.54. The molecule has 0 saturated carbocycles. The Labute approximate surface area is 118 Å². The Morgan fingerprint density at radius 3 is 2.30 bits per heavy atom. The van der Waals surface area contributed by atoms with Gasteiger partial charge in [0.2, 0.25) is 0 Å². The van der Waals surface area contributed by atoms with E-state index >= 15 is 0 Å². The van der Waals surface area contributed by atoms with Gasteiger partial charge in [0.05, 0.1) is 0 Å². The maximum absolute atomic E-state index is 11.4. The zero-order valence-electron chi connectivity index (χ0n) is 12.1. The molecule has 4 N–H and O–H groups in total. The number of carbonyl (C=O) groups is 2. The Bertz CT molecular complexity index is 323. The van der Waals surface area contributed by atoms with Gasteiger partial charge in [-0.05, 0) is 32.2 Å². The van der Waals surface area contributed by atoms with Gasteiger partial charge >= 0.3 is 12.2 Å². The van der Waals surface area contributed by atoms with E-state index in [2.05, 4.69) is 10.6 Å². The molecule has 1 aliphatic rings. The maximum Gasteiger partial charge on any atom is 0.429 e. The Balaban J connectivity index is 2.78. The average Bonchev–Trinajstić information content (AvgIpc) is 2.46. The monoisotopic (exact) mass is 289 g/mol. The molecular weight excluding hydrogens is 266 g/mol. The highest BCUT2D eigenvalue weighted by Crippen LogP contribution is 2.24. The van der Waals surface area contributed by atoms with Crippen LogP contribution in [-0.4, -0.2) is 55.8 Å². The Kier molecular flexibility index (Phi) is 6.49. The molecule has 116 valence electrons. The molecule has 1 unspecified atom stereocenters. The molecule has 1 saturated heterocycles. The van der Waals surface area contributed by atoms with Crippen molar-refractivity contribution in [2.75, 3.05) is 27.2 Å². The van der Waals surface area contributed by atoms with Crippen LogP contribution in [0.25, 0.3) is 0 Å². The molecule has 1 rings (SSSR count). The van der Waals surface area contributed by atoms with Crippen molar-refractivity contribution < 1.29 is 19.3 Å². The first-order chi connectivity index (χ1) is 9.53. The number of hydrogen-bond acceptors (Lipinski definition) is 7. The van der Waals surface area contributed by atoms with E-state index in [0.717, 1.165) is 18.2 Å². The third kappa shape index (κ3) is 4.22. The molecule has 0 aromatic rings. The van der Waals surface area contributed by atoms with E-state index in [1.54, 1.807) is 5.01 Å². The van der Waals surface area contributed by atoms with Crippen molar-refractivity contribution in [3.8, 4) is 0 Å². The highest BCUT2D eigenvalue weighted by Gasteiger charge is 2.35. The van der Waals surface area contributed by atoms with Crippen LogP contribution in [0.15, 0.2) is 0 Å². The molecule has 1 fully saturated rings. The summed E-state index contributed by atoms with van der Waals surface area (Å²) in [6.07, 6.45) is 0.408. The van der Waals surface area contributed by atoms with Crippen molar-refractivity contribution in [1.82, 2.24) is 21.0 Å². The average molecular weight is 289 g/mol. The van der Waals surface area contributed by atoms with Crippen LogP contribution in [-0.2, 0) is 9.68 Å². The van der Waals surface area contributed by atoms with Gasteiger partial charge in [0, 0.05) is 26.7 Å². The van der Waals surface area contributed by atoms with Gasteiger partial charge in [-0.2, -0.15) is 5.01 Å². The smallest absolute Gasteiger partial charge is 0.330 e. The van der Waals surface area contributed by atoms with Crippen molar-refractivity contribution in [2.45, 2.75) is 25.8 Å². The topological polar surface area (TPSA) is 109 Å². The molecule has 0 radical (unpaired) electrons. The molecule has 0 aromatic carbocycles. The molecule has 0 bridgehead atoms. The Hall–Kier alpha value is -1.58. The summed E-state index contributed by atoms with van der Waals surface area (Å²) in [6, 6.07) is -0.0111. The van der Waals surface area contributed by atoms with Crippen molar-refractivity contribution >= 4 is 12.2 Å². The molecule has 9 nitrogen and oxygen atoms in total. The van der Waals surface area contributed by atoms with Crippen molar-refractivity contribution in [3.05, 3.63) is 0 Å². The summed E-state index contributed by atoms with van der Waals surface area (Å²) in [5, 5.41) is 7.10. The molecule has 0 spiro atoms. The second-order valence-electron chi connectivity index (χ2n) is 4.54. The van der Waals surface area contributed by atoms with Gasteiger partial charge in [-0.15, -0.1) is 0 Å². The predicted octanol–water partition coefficient (Wildman–Crippen LogP) is -0.195.